The lowest BCUT2D eigenvalue weighted by atomic mass is 10.0. The van der Waals surface area contributed by atoms with Crippen molar-refractivity contribution in [1.29, 1.82) is 0 Å². The molecule has 3 nitrogen and oxygen atoms in total. The van der Waals surface area contributed by atoms with Gasteiger partial charge in [0.15, 0.2) is 0 Å². The number of hydrogen-bond donors (Lipinski definition) is 2. The molecule has 3 heteroatoms. The number of carbonyl (C=O) groups is 1. The van der Waals surface area contributed by atoms with E-state index in [1.165, 1.54) is 24.8 Å². The van der Waals surface area contributed by atoms with Crippen LogP contribution in [0.2, 0.25) is 0 Å². The SMILES string of the molecule is CC1NCCC1C(=O)NCCC1=CCCC1. The molecule has 0 radical (unpaired) electrons. The summed E-state index contributed by atoms with van der Waals surface area (Å²) in [6, 6.07) is 0.339. The second-order valence-corrected chi connectivity index (χ2v) is 4.93. The summed E-state index contributed by atoms with van der Waals surface area (Å²) >= 11 is 0. The van der Waals surface area contributed by atoms with Crippen LogP contribution < -0.4 is 10.6 Å². The summed E-state index contributed by atoms with van der Waals surface area (Å²) in [7, 11) is 0. The molecule has 0 bridgehead atoms. The van der Waals surface area contributed by atoms with Gasteiger partial charge in [-0.3, -0.25) is 4.79 Å². The molecule has 1 aliphatic heterocycles. The maximum atomic E-state index is 11.9. The number of allylic oxidation sites excluding steroid dienone is 1. The van der Waals surface area contributed by atoms with Crippen LogP contribution in [0.5, 0.6) is 0 Å². The molecule has 1 fully saturated rings. The minimum atomic E-state index is 0.178. The molecular weight excluding hydrogens is 200 g/mol. The number of hydrogen-bond acceptors (Lipinski definition) is 2. The summed E-state index contributed by atoms with van der Waals surface area (Å²) in [4.78, 5) is 11.9. The highest BCUT2D eigenvalue weighted by Gasteiger charge is 2.28. The van der Waals surface area contributed by atoms with Crippen molar-refractivity contribution in [3.05, 3.63) is 11.6 Å². The van der Waals surface area contributed by atoms with E-state index < -0.39 is 0 Å². The molecule has 2 rings (SSSR count). The summed E-state index contributed by atoms with van der Waals surface area (Å²) in [5.41, 5.74) is 1.53. The fourth-order valence-corrected chi connectivity index (χ4v) is 2.66. The second kappa shape index (κ2) is 5.48. The molecular formula is C13H22N2O. The van der Waals surface area contributed by atoms with Crippen molar-refractivity contribution < 1.29 is 4.79 Å². The van der Waals surface area contributed by atoms with Crippen LogP contribution in [-0.4, -0.2) is 25.0 Å². The molecule has 0 spiro atoms. The average Bonchev–Trinajstić information content (AvgIpc) is 2.88. The van der Waals surface area contributed by atoms with Gasteiger partial charge in [0.2, 0.25) is 5.91 Å². The number of carbonyl (C=O) groups excluding carboxylic acids is 1. The molecule has 0 aromatic heterocycles. The van der Waals surface area contributed by atoms with E-state index in [4.69, 9.17) is 0 Å². The Balaban J connectivity index is 1.67. The summed E-state index contributed by atoms with van der Waals surface area (Å²) in [6.07, 6.45) is 8.11. The Labute approximate surface area is 97.7 Å². The van der Waals surface area contributed by atoms with Gasteiger partial charge in [-0.25, -0.2) is 0 Å². The molecule has 2 N–H and O–H groups in total. The fraction of sp³-hybridized carbons (Fsp3) is 0.769. The lowest BCUT2D eigenvalue weighted by molar-refractivity contribution is -0.125. The van der Waals surface area contributed by atoms with Crippen LogP contribution >= 0.6 is 0 Å². The molecule has 0 aromatic rings. The van der Waals surface area contributed by atoms with Crippen molar-refractivity contribution in [3.63, 3.8) is 0 Å². The Morgan fingerprint density at radius 2 is 2.50 bits per heavy atom. The van der Waals surface area contributed by atoms with Crippen LogP contribution in [0, 0.1) is 5.92 Å². The summed E-state index contributed by atoms with van der Waals surface area (Å²) in [5.74, 6) is 0.411. The highest BCUT2D eigenvalue weighted by Crippen LogP contribution is 2.20. The molecule has 0 aromatic carbocycles. The van der Waals surface area contributed by atoms with Crippen molar-refractivity contribution in [3.8, 4) is 0 Å². The van der Waals surface area contributed by atoms with Crippen molar-refractivity contribution in [1.82, 2.24) is 10.6 Å². The molecule has 1 amide bonds. The van der Waals surface area contributed by atoms with Gasteiger partial charge < -0.3 is 10.6 Å². The average molecular weight is 222 g/mol. The molecule has 1 aliphatic carbocycles. The van der Waals surface area contributed by atoms with Gasteiger partial charge in [-0.2, -0.15) is 0 Å². The number of amides is 1. The standard InChI is InChI=1S/C13H22N2O/c1-10-12(7-9-14-10)13(16)15-8-6-11-4-2-3-5-11/h4,10,12,14H,2-3,5-9H2,1H3,(H,15,16). The molecule has 2 unspecified atom stereocenters. The highest BCUT2D eigenvalue weighted by atomic mass is 16.1. The molecule has 1 saturated heterocycles. The topological polar surface area (TPSA) is 41.1 Å². The van der Waals surface area contributed by atoms with Gasteiger partial charge in [0.05, 0.1) is 5.92 Å². The third-order valence-corrected chi connectivity index (χ3v) is 3.74. The predicted molar refractivity (Wildman–Crippen MR) is 65.1 cm³/mol. The lowest BCUT2D eigenvalue weighted by Gasteiger charge is -2.14. The molecule has 90 valence electrons. The smallest absolute Gasteiger partial charge is 0.224 e. The Morgan fingerprint density at radius 1 is 1.62 bits per heavy atom. The largest absolute Gasteiger partial charge is 0.355 e. The lowest BCUT2D eigenvalue weighted by Crippen LogP contribution is -2.37. The van der Waals surface area contributed by atoms with Crippen molar-refractivity contribution >= 4 is 5.91 Å². The molecule has 2 aliphatic rings. The minimum Gasteiger partial charge on any atom is -0.355 e. The Bertz CT molecular complexity index is 286. The fourth-order valence-electron chi connectivity index (χ4n) is 2.66. The van der Waals surface area contributed by atoms with Gasteiger partial charge in [-0.05, 0) is 45.6 Å². The summed E-state index contributed by atoms with van der Waals surface area (Å²) in [5, 5.41) is 6.37. The zero-order chi connectivity index (χ0) is 11.4. The van der Waals surface area contributed by atoms with Crippen LogP contribution in [-0.2, 0) is 4.79 Å². The van der Waals surface area contributed by atoms with Gasteiger partial charge in [0.1, 0.15) is 0 Å². The molecule has 0 saturated carbocycles. The molecule has 2 atom stereocenters. The third-order valence-electron chi connectivity index (χ3n) is 3.74. The van der Waals surface area contributed by atoms with Gasteiger partial charge >= 0.3 is 0 Å². The zero-order valence-electron chi connectivity index (χ0n) is 10.1. The first-order valence-corrected chi connectivity index (χ1v) is 6.46. The van der Waals surface area contributed by atoms with Crippen molar-refractivity contribution in [2.24, 2.45) is 5.92 Å². The first-order chi connectivity index (χ1) is 7.77. The van der Waals surface area contributed by atoms with E-state index in [9.17, 15) is 4.79 Å². The second-order valence-electron chi connectivity index (χ2n) is 4.93. The number of rotatable bonds is 4. The quantitative estimate of drug-likeness (QED) is 0.709. The van der Waals surface area contributed by atoms with E-state index in [2.05, 4.69) is 23.6 Å². The highest BCUT2D eigenvalue weighted by molar-refractivity contribution is 5.79. The van der Waals surface area contributed by atoms with Crippen LogP contribution in [0.15, 0.2) is 11.6 Å². The van der Waals surface area contributed by atoms with Gasteiger partial charge in [0.25, 0.3) is 0 Å². The first-order valence-electron chi connectivity index (χ1n) is 6.46. The molecule has 16 heavy (non-hydrogen) atoms. The first kappa shape index (κ1) is 11.6. The summed E-state index contributed by atoms with van der Waals surface area (Å²) in [6.45, 7) is 3.88. The normalized spacial score (nSPS) is 29.2. The van der Waals surface area contributed by atoms with E-state index in [0.717, 1.165) is 25.9 Å². The van der Waals surface area contributed by atoms with E-state index in [1.807, 2.05) is 0 Å². The number of nitrogens with one attached hydrogen (secondary N) is 2. The minimum absolute atomic E-state index is 0.178. The van der Waals surface area contributed by atoms with Crippen LogP contribution in [0.1, 0.15) is 39.0 Å². The van der Waals surface area contributed by atoms with Crippen LogP contribution in [0.25, 0.3) is 0 Å². The Hall–Kier alpha value is -0.830. The van der Waals surface area contributed by atoms with Gasteiger partial charge in [-0.15, -0.1) is 0 Å². The van der Waals surface area contributed by atoms with E-state index in [-0.39, 0.29) is 11.8 Å². The maximum absolute atomic E-state index is 11.9. The van der Waals surface area contributed by atoms with Crippen LogP contribution in [0.4, 0.5) is 0 Å². The van der Waals surface area contributed by atoms with E-state index >= 15 is 0 Å². The summed E-state index contributed by atoms with van der Waals surface area (Å²) < 4.78 is 0. The molecule has 1 heterocycles. The third kappa shape index (κ3) is 2.85. The van der Waals surface area contributed by atoms with Gasteiger partial charge in [-0.1, -0.05) is 11.6 Å². The van der Waals surface area contributed by atoms with Crippen LogP contribution in [0.3, 0.4) is 0 Å². The van der Waals surface area contributed by atoms with Crippen molar-refractivity contribution in [2.45, 2.75) is 45.1 Å². The van der Waals surface area contributed by atoms with Gasteiger partial charge in [0, 0.05) is 12.6 Å². The van der Waals surface area contributed by atoms with E-state index in [0.29, 0.717) is 6.04 Å². The van der Waals surface area contributed by atoms with Crippen molar-refractivity contribution in [2.75, 3.05) is 13.1 Å². The zero-order valence-corrected chi connectivity index (χ0v) is 10.1. The maximum Gasteiger partial charge on any atom is 0.224 e. The monoisotopic (exact) mass is 222 g/mol. The Morgan fingerprint density at radius 3 is 3.12 bits per heavy atom. The Kier molecular flexibility index (Phi) is 3.99. The predicted octanol–water partition coefficient (Wildman–Crippen LogP) is 1.60. The van der Waals surface area contributed by atoms with E-state index in [1.54, 1.807) is 0 Å².